The number of carboxylic acid groups (broad SMARTS) is 1. The molecule has 0 aromatic heterocycles. The maximum absolute atomic E-state index is 13.2. The molecule has 1 saturated heterocycles. The van der Waals surface area contributed by atoms with Crippen LogP contribution in [0.2, 0.25) is 5.02 Å². The lowest BCUT2D eigenvalue weighted by molar-refractivity contribution is -0.143. The standard InChI is InChI=1S/C15H18ClFN2O4/c16-12-2-1-11(9-13(12)17)23-8-5-18-15(22)19-6-3-10(4-7-19)14(20)21/h1-2,9-10H,3-8H2,(H,18,22)(H,20,21). The number of ether oxygens (including phenoxy) is 1. The van der Waals surface area contributed by atoms with Crippen molar-refractivity contribution < 1.29 is 23.8 Å². The van der Waals surface area contributed by atoms with Crippen LogP contribution in [0.5, 0.6) is 5.75 Å². The number of nitrogens with one attached hydrogen (secondary N) is 1. The molecule has 1 aliphatic heterocycles. The number of urea groups is 1. The van der Waals surface area contributed by atoms with Gasteiger partial charge in [0.15, 0.2) is 0 Å². The first-order valence-corrected chi connectivity index (χ1v) is 7.68. The van der Waals surface area contributed by atoms with Gasteiger partial charge in [0.05, 0.1) is 17.5 Å². The number of likely N-dealkylation sites (tertiary alicyclic amines) is 1. The van der Waals surface area contributed by atoms with Crippen LogP contribution in [0.3, 0.4) is 0 Å². The molecular weight excluding hydrogens is 327 g/mol. The molecule has 2 amide bonds. The molecule has 0 spiro atoms. The van der Waals surface area contributed by atoms with Gasteiger partial charge in [-0.2, -0.15) is 0 Å². The fourth-order valence-electron chi connectivity index (χ4n) is 2.33. The Balaban J connectivity index is 1.67. The first kappa shape index (κ1) is 17.3. The van der Waals surface area contributed by atoms with E-state index in [4.69, 9.17) is 21.4 Å². The Morgan fingerprint density at radius 1 is 1.39 bits per heavy atom. The summed E-state index contributed by atoms with van der Waals surface area (Å²) in [6.45, 7) is 1.30. The zero-order chi connectivity index (χ0) is 16.8. The third-order valence-corrected chi connectivity index (χ3v) is 3.98. The third-order valence-electron chi connectivity index (χ3n) is 3.67. The van der Waals surface area contributed by atoms with Gasteiger partial charge in [-0.3, -0.25) is 4.79 Å². The molecular formula is C15H18ClFN2O4. The minimum absolute atomic E-state index is 0.0235. The number of halogens is 2. The van der Waals surface area contributed by atoms with Gasteiger partial charge in [0.25, 0.3) is 0 Å². The van der Waals surface area contributed by atoms with E-state index in [1.165, 1.54) is 12.1 Å². The van der Waals surface area contributed by atoms with Crippen molar-refractivity contribution in [2.24, 2.45) is 5.92 Å². The Morgan fingerprint density at radius 3 is 2.70 bits per heavy atom. The summed E-state index contributed by atoms with van der Waals surface area (Å²) in [6.07, 6.45) is 0.923. The molecule has 2 N–H and O–H groups in total. The predicted molar refractivity (Wildman–Crippen MR) is 82.2 cm³/mol. The van der Waals surface area contributed by atoms with Crippen LogP contribution in [-0.4, -0.2) is 48.2 Å². The lowest BCUT2D eigenvalue weighted by atomic mass is 9.97. The number of hydrogen-bond donors (Lipinski definition) is 2. The molecule has 2 rings (SSSR count). The van der Waals surface area contributed by atoms with Crippen LogP contribution in [0.1, 0.15) is 12.8 Å². The van der Waals surface area contributed by atoms with Gasteiger partial charge in [-0.25, -0.2) is 9.18 Å². The van der Waals surface area contributed by atoms with Crippen LogP contribution in [0.15, 0.2) is 18.2 Å². The summed E-state index contributed by atoms with van der Waals surface area (Å²) in [4.78, 5) is 24.4. The monoisotopic (exact) mass is 344 g/mol. The van der Waals surface area contributed by atoms with Crippen LogP contribution in [-0.2, 0) is 4.79 Å². The molecule has 126 valence electrons. The van der Waals surface area contributed by atoms with Crippen molar-refractivity contribution in [2.45, 2.75) is 12.8 Å². The van der Waals surface area contributed by atoms with E-state index in [9.17, 15) is 14.0 Å². The van der Waals surface area contributed by atoms with Gasteiger partial charge in [-0.15, -0.1) is 0 Å². The second kappa shape index (κ2) is 8.01. The maximum Gasteiger partial charge on any atom is 0.317 e. The Bertz CT molecular complexity index is 577. The second-order valence-corrected chi connectivity index (χ2v) is 5.66. The van der Waals surface area contributed by atoms with Crippen molar-refractivity contribution in [2.75, 3.05) is 26.2 Å². The highest BCUT2D eigenvalue weighted by molar-refractivity contribution is 6.30. The van der Waals surface area contributed by atoms with E-state index in [-0.39, 0.29) is 30.1 Å². The molecule has 1 aliphatic rings. The van der Waals surface area contributed by atoms with Crippen molar-refractivity contribution in [3.05, 3.63) is 29.0 Å². The molecule has 0 atom stereocenters. The van der Waals surface area contributed by atoms with Gasteiger partial charge in [0, 0.05) is 19.2 Å². The van der Waals surface area contributed by atoms with Crippen molar-refractivity contribution in [3.63, 3.8) is 0 Å². The van der Waals surface area contributed by atoms with Crippen molar-refractivity contribution in [1.82, 2.24) is 10.2 Å². The normalized spacial score (nSPS) is 15.3. The van der Waals surface area contributed by atoms with Crippen LogP contribution in [0, 0.1) is 11.7 Å². The van der Waals surface area contributed by atoms with E-state index in [0.717, 1.165) is 0 Å². The van der Waals surface area contributed by atoms with Gasteiger partial charge in [0.2, 0.25) is 0 Å². The minimum atomic E-state index is -0.811. The SMILES string of the molecule is O=C(O)C1CCN(C(=O)NCCOc2ccc(Cl)c(F)c2)CC1. The van der Waals surface area contributed by atoms with Gasteiger partial charge in [-0.05, 0) is 25.0 Å². The molecule has 6 nitrogen and oxygen atoms in total. The highest BCUT2D eigenvalue weighted by Gasteiger charge is 2.26. The number of carbonyl (C=O) groups excluding carboxylic acids is 1. The molecule has 0 unspecified atom stereocenters. The summed E-state index contributed by atoms with van der Waals surface area (Å²) in [5, 5.41) is 11.6. The van der Waals surface area contributed by atoms with Crippen LogP contribution in [0.4, 0.5) is 9.18 Å². The predicted octanol–water partition coefficient (Wildman–Crippen LogP) is 2.36. The number of carbonyl (C=O) groups is 2. The summed E-state index contributed by atoms with van der Waals surface area (Å²) >= 11 is 5.57. The van der Waals surface area contributed by atoms with E-state index in [1.54, 1.807) is 11.0 Å². The second-order valence-electron chi connectivity index (χ2n) is 5.26. The number of piperidine rings is 1. The average Bonchev–Trinajstić information content (AvgIpc) is 2.54. The fourth-order valence-corrected chi connectivity index (χ4v) is 2.45. The zero-order valence-electron chi connectivity index (χ0n) is 12.4. The molecule has 23 heavy (non-hydrogen) atoms. The highest BCUT2D eigenvalue weighted by Crippen LogP contribution is 2.20. The Kier molecular flexibility index (Phi) is 6.04. The van der Waals surface area contributed by atoms with Crippen molar-refractivity contribution >= 4 is 23.6 Å². The number of aliphatic carboxylic acids is 1. The van der Waals surface area contributed by atoms with Crippen LogP contribution >= 0.6 is 11.6 Å². The topological polar surface area (TPSA) is 78.9 Å². The van der Waals surface area contributed by atoms with Gasteiger partial charge in [-0.1, -0.05) is 11.6 Å². The van der Waals surface area contributed by atoms with E-state index < -0.39 is 11.8 Å². The molecule has 1 aromatic rings. The third kappa shape index (κ3) is 4.99. The smallest absolute Gasteiger partial charge is 0.317 e. The Morgan fingerprint density at radius 2 is 2.09 bits per heavy atom. The number of rotatable bonds is 5. The zero-order valence-corrected chi connectivity index (χ0v) is 13.2. The summed E-state index contributed by atoms with van der Waals surface area (Å²) in [5.41, 5.74) is 0. The highest BCUT2D eigenvalue weighted by atomic mass is 35.5. The lowest BCUT2D eigenvalue weighted by Gasteiger charge is -2.30. The summed E-state index contributed by atoms with van der Waals surface area (Å²) in [6, 6.07) is 3.88. The molecule has 8 heteroatoms. The van der Waals surface area contributed by atoms with Crippen LogP contribution in [0.25, 0.3) is 0 Å². The van der Waals surface area contributed by atoms with E-state index >= 15 is 0 Å². The van der Waals surface area contributed by atoms with E-state index in [1.807, 2.05) is 0 Å². The van der Waals surface area contributed by atoms with E-state index in [0.29, 0.717) is 31.7 Å². The number of amides is 2. The summed E-state index contributed by atoms with van der Waals surface area (Å²) in [7, 11) is 0. The first-order chi connectivity index (χ1) is 11.0. The fraction of sp³-hybridized carbons (Fsp3) is 0.467. The van der Waals surface area contributed by atoms with Gasteiger partial charge < -0.3 is 20.1 Å². The lowest BCUT2D eigenvalue weighted by Crippen LogP contribution is -2.46. The van der Waals surface area contributed by atoms with Gasteiger partial charge in [0.1, 0.15) is 18.2 Å². The Labute approximate surface area is 138 Å². The van der Waals surface area contributed by atoms with E-state index in [2.05, 4.69) is 5.32 Å². The number of nitrogens with zero attached hydrogens (tertiary/aromatic N) is 1. The van der Waals surface area contributed by atoms with Crippen molar-refractivity contribution in [3.8, 4) is 5.75 Å². The largest absolute Gasteiger partial charge is 0.492 e. The molecule has 1 heterocycles. The summed E-state index contributed by atoms with van der Waals surface area (Å²) in [5.74, 6) is -1.41. The van der Waals surface area contributed by atoms with Crippen molar-refractivity contribution in [1.29, 1.82) is 0 Å². The molecule has 0 saturated carbocycles. The summed E-state index contributed by atoms with van der Waals surface area (Å²) < 4.78 is 18.5. The number of carboxylic acids is 1. The minimum Gasteiger partial charge on any atom is -0.492 e. The first-order valence-electron chi connectivity index (χ1n) is 7.31. The molecule has 0 bridgehead atoms. The molecule has 0 aliphatic carbocycles. The molecule has 0 radical (unpaired) electrons. The average molecular weight is 345 g/mol. The molecule has 1 fully saturated rings. The van der Waals surface area contributed by atoms with Gasteiger partial charge >= 0.3 is 12.0 Å². The number of hydrogen-bond acceptors (Lipinski definition) is 3. The quantitative estimate of drug-likeness (QED) is 0.804. The maximum atomic E-state index is 13.2. The van der Waals surface area contributed by atoms with Crippen LogP contribution < -0.4 is 10.1 Å². The molecule has 1 aromatic carbocycles. The Hall–Kier alpha value is -2.02. The number of benzene rings is 1.